The molecule has 0 aliphatic rings. The van der Waals surface area contributed by atoms with E-state index < -0.39 is 12.6 Å². The lowest BCUT2D eigenvalue weighted by Crippen LogP contribution is -2.19. The summed E-state index contributed by atoms with van der Waals surface area (Å²) < 4.78 is 34.8. The lowest BCUT2D eigenvalue weighted by Gasteiger charge is -2.11. The van der Waals surface area contributed by atoms with Gasteiger partial charge in [-0.05, 0) is 17.8 Å². The molecule has 0 saturated heterocycles. The first-order valence-corrected chi connectivity index (χ1v) is 5.00. The minimum absolute atomic E-state index is 0.635. The average Bonchev–Trinajstić information content (AvgIpc) is 1.85. The SMILES string of the molecule is CCCCCSC[B-](F)(F)F. The van der Waals surface area contributed by atoms with Gasteiger partial charge in [-0.15, -0.1) is 0 Å². The highest BCUT2D eigenvalue weighted by molar-refractivity contribution is 8.00. The van der Waals surface area contributed by atoms with Gasteiger partial charge in [0.1, 0.15) is 0 Å². The first-order valence-electron chi connectivity index (χ1n) is 3.85. The molecule has 0 rings (SSSR count). The van der Waals surface area contributed by atoms with E-state index >= 15 is 0 Å². The van der Waals surface area contributed by atoms with E-state index in [1.165, 1.54) is 0 Å². The highest BCUT2D eigenvalue weighted by Crippen LogP contribution is 2.17. The van der Waals surface area contributed by atoms with E-state index in [1.54, 1.807) is 0 Å². The maximum atomic E-state index is 11.6. The highest BCUT2D eigenvalue weighted by Gasteiger charge is 2.21. The third-order valence-electron chi connectivity index (χ3n) is 1.20. The first kappa shape index (κ1) is 11.2. The summed E-state index contributed by atoms with van der Waals surface area (Å²) in [4.78, 5) is 0. The van der Waals surface area contributed by atoms with E-state index in [0.29, 0.717) is 5.75 Å². The number of halogens is 3. The molecule has 0 heterocycles. The van der Waals surface area contributed by atoms with Gasteiger partial charge >= 0.3 is 6.98 Å². The Morgan fingerprint density at radius 2 is 1.82 bits per heavy atom. The van der Waals surface area contributed by atoms with Crippen molar-refractivity contribution in [1.29, 1.82) is 0 Å². The quantitative estimate of drug-likeness (QED) is 0.451. The van der Waals surface area contributed by atoms with Crippen LogP contribution in [0.15, 0.2) is 0 Å². The van der Waals surface area contributed by atoms with Crippen molar-refractivity contribution in [1.82, 2.24) is 0 Å². The fraction of sp³-hybridized carbons (Fsp3) is 1.00. The van der Waals surface area contributed by atoms with Gasteiger partial charge in [0.2, 0.25) is 0 Å². The molecule has 0 aromatic carbocycles. The monoisotopic (exact) mass is 185 g/mol. The molecule has 0 nitrogen and oxygen atoms in total. The highest BCUT2D eigenvalue weighted by atomic mass is 32.2. The molecule has 0 fully saturated rings. The Kier molecular flexibility index (Phi) is 5.91. The van der Waals surface area contributed by atoms with Gasteiger partial charge in [0.15, 0.2) is 0 Å². The molecule has 0 aromatic rings. The molecule has 0 spiro atoms. The Hall–Kier alpha value is 0.205. The van der Waals surface area contributed by atoms with E-state index in [4.69, 9.17) is 0 Å². The average molecular weight is 185 g/mol. The van der Waals surface area contributed by atoms with E-state index in [2.05, 4.69) is 0 Å². The van der Waals surface area contributed by atoms with Crippen LogP contribution in [0, 0.1) is 0 Å². The van der Waals surface area contributed by atoms with Crippen molar-refractivity contribution in [2.75, 3.05) is 11.4 Å². The summed E-state index contributed by atoms with van der Waals surface area (Å²) >= 11 is 1.00. The van der Waals surface area contributed by atoms with Gasteiger partial charge < -0.3 is 12.9 Å². The van der Waals surface area contributed by atoms with Gasteiger partial charge in [0, 0.05) is 0 Å². The third-order valence-corrected chi connectivity index (χ3v) is 2.39. The Balaban J connectivity index is 3.02. The molecule has 0 atom stereocenters. The molecule has 68 valence electrons. The molecule has 0 N–H and O–H groups in total. The topological polar surface area (TPSA) is 0 Å². The van der Waals surface area contributed by atoms with Crippen molar-refractivity contribution in [3.05, 3.63) is 0 Å². The van der Waals surface area contributed by atoms with Crippen LogP contribution in [0.3, 0.4) is 0 Å². The standard InChI is InChI=1S/C6H13BF3S/c1-2-3-4-5-11-6-7(8,9)10/h2-6H2,1H3/q-1. The van der Waals surface area contributed by atoms with Crippen LogP contribution in [-0.2, 0) is 0 Å². The maximum absolute atomic E-state index is 11.6. The molecule has 0 bridgehead atoms. The van der Waals surface area contributed by atoms with Crippen molar-refractivity contribution in [3.8, 4) is 0 Å². The molecule has 0 aromatic heterocycles. The number of hydrogen-bond donors (Lipinski definition) is 0. The van der Waals surface area contributed by atoms with E-state index in [-0.39, 0.29) is 0 Å². The zero-order chi connectivity index (χ0) is 8.74. The molecule has 0 saturated carbocycles. The number of unbranched alkanes of at least 4 members (excludes halogenated alkanes) is 2. The summed E-state index contributed by atoms with van der Waals surface area (Å²) in [6.45, 7) is -2.52. The Labute approximate surface area is 70.0 Å². The molecule has 0 amide bonds. The largest absolute Gasteiger partial charge is 0.488 e. The fourth-order valence-corrected chi connectivity index (χ4v) is 1.51. The Morgan fingerprint density at radius 3 is 2.27 bits per heavy atom. The molecule has 11 heavy (non-hydrogen) atoms. The zero-order valence-electron chi connectivity index (χ0n) is 6.66. The number of rotatable bonds is 6. The number of thioether (sulfide) groups is 1. The summed E-state index contributed by atoms with van der Waals surface area (Å²) in [7, 11) is 0. The summed E-state index contributed by atoms with van der Waals surface area (Å²) in [5.74, 6) is 0.648. The molecule has 5 heteroatoms. The van der Waals surface area contributed by atoms with Crippen LogP contribution in [0.4, 0.5) is 12.9 Å². The van der Waals surface area contributed by atoms with Crippen molar-refractivity contribution >= 4 is 18.7 Å². The third kappa shape index (κ3) is 10.2. The predicted octanol–water partition coefficient (Wildman–Crippen LogP) is 3.30. The van der Waals surface area contributed by atoms with Gasteiger partial charge in [0.05, 0.1) is 0 Å². The predicted molar refractivity (Wildman–Crippen MR) is 45.9 cm³/mol. The molecule has 0 aliphatic carbocycles. The van der Waals surface area contributed by atoms with Gasteiger partial charge in [-0.2, -0.15) is 11.8 Å². The second kappa shape index (κ2) is 5.80. The summed E-state index contributed by atoms with van der Waals surface area (Å²) in [5, 5.41) is 0. The smallest absolute Gasteiger partial charge is 0.448 e. The van der Waals surface area contributed by atoms with E-state index in [9.17, 15) is 12.9 Å². The normalized spacial score (nSPS) is 12.0. The van der Waals surface area contributed by atoms with E-state index in [0.717, 1.165) is 31.0 Å². The lowest BCUT2D eigenvalue weighted by atomic mass is 9.98. The van der Waals surface area contributed by atoms with E-state index in [1.807, 2.05) is 6.92 Å². The Morgan fingerprint density at radius 1 is 1.18 bits per heavy atom. The van der Waals surface area contributed by atoms with Crippen molar-refractivity contribution in [2.45, 2.75) is 26.2 Å². The molecule has 0 aliphatic heterocycles. The van der Waals surface area contributed by atoms with Crippen LogP contribution in [0.1, 0.15) is 26.2 Å². The van der Waals surface area contributed by atoms with Crippen LogP contribution in [0.5, 0.6) is 0 Å². The minimum Gasteiger partial charge on any atom is -0.448 e. The van der Waals surface area contributed by atoms with Crippen molar-refractivity contribution in [2.24, 2.45) is 0 Å². The fourth-order valence-electron chi connectivity index (χ4n) is 0.671. The molecule has 0 unspecified atom stereocenters. The molecular weight excluding hydrogens is 172 g/mol. The van der Waals surface area contributed by atoms with Crippen molar-refractivity contribution < 1.29 is 12.9 Å². The van der Waals surface area contributed by atoms with Gasteiger partial charge in [-0.25, -0.2) is 0 Å². The Bertz CT molecular complexity index is 94.3. The van der Waals surface area contributed by atoms with Gasteiger partial charge in [0.25, 0.3) is 0 Å². The second-order valence-electron chi connectivity index (χ2n) is 2.49. The van der Waals surface area contributed by atoms with Crippen LogP contribution < -0.4 is 0 Å². The minimum atomic E-state index is -4.56. The molecular formula is C6H13BF3S-. The lowest BCUT2D eigenvalue weighted by molar-refractivity contribution is 0.485. The summed E-state index contributed by atoms with van der Waals surface area (Å²) in [5.41, 5.74) is -0.635. The maximum Gasteiger partial charge on any atom is 0.488 e. The zero-order valence-corrected chi connectivity index (χ0v) is 7.47. The van der Waals surface area contributed by atoms with Gasteiger partial charge in [-0.3, -0.25) is 0 Å². The van der Waals surface area contributed by atoms with Crippen LogP contribution in [0.2, 0.25) is 0 Å². The van der Waals surface area contributed by atoms with Crippen LogP contribution in [0.25, 0.3) is 0 Å². The van der Waals surface area contributed by atoms with Crippen LogP contribution >= 0.6 is 11.8 Å². The first-order chi connectivity index (χ1) is 5.06. The van der Waals surface area contributed by atoms with Gasteiger partial charge in [-0.1, -0.05) is 19.8 Å². The van der Waals surface area contributed by atoms with Crippen molar-refractivity contribution in [3.63, 3.8) is 0 Å². The summed E-state index contributed by atoms with van der Waals surface area (Å²) in [6.07, 6.45) is 3.02. The molecule has 0 radical (unpaired) electrons. The van der Waals surface area contributed by atoms with Crippen LogP contribution in [-0.4, -0.2) is 18.4 Å². The summed E-state index contributed by atoms with van der Waals surface area (Å²) in [6, 6.07) is 0. The second-order valence-corrected chi connectivity index (χ2v) is 3.64. The number of hydrogen-bond acceptors (Lipinski definition) is 1.